The van der Waals surface area contributed by atoms with Crippen molar-refractivity contribution in [3.8, 4) is 5.75 Å². The molecule has 0 bridgehead atoms. The number of hydrogen-bond acceptors (Lipinski definition) is 3. The van der Waals surface area contributed by atoms with Crippen molar-refractivity contribution in [2.75, 3.05) is 7.11 Å². The molecule has 3 aromatic rings. The van der Waals surface area contributed by atoms with Crippen molar-refractivity contribution in [2.24, 2.45) is 5.92 Å². The molecule has 3 heteroatoms. The Morgan fingerprint density at radius 3 is 2.37 bits per heavy atom. The fraction of sp³-hybridized carbons (Fsp3) is 0.208. The minimum atomic E-state index is -0.0292. The minimum Gasteiger partial charge on any atom is -0.497 e. The van der Waals surface area contributed by atoms with E-state index in [0.29, 0.717) is 0 Å². The van der Waals surface area contributed by atoms with E-state index in [2.05, 4.69) is 48.5 Å². The first-order chi connectivity index (χ1) is 13.3. The van der Waals surface area contributed by atoms with Crippen LogP contribution in [0.5, 0.6) is 5.75 Å². The summed E-state index contributed by atoms with van der Waals surface area (Å²) in [6.45, 7) is 0. The topological polar surface area (TPSA) is 26.3 Å². The number of rotatable bonds is 5. The van der Waals surface area contributed by atoms with Crippen LogP contribution in [0.15, 0.2) is 83.8 Å². The van der Waals surface area contributed by atoms with E-state index < -0.39 is 0 Å². The van der Waals surface area contributed by atoms with Crippen LogP contribution in [0.3, 0.4) is 0 Å². The van der Waals surface area contributed by atoms with Crippen LogP contribution < -0.4 is 4.74 Å². The van der Waals surface area contributed by atoms with Crippen LogP contribution in [-0.4, -0.2) is 12.9 Å². The van der Waals surface area contributed by atoms with E-state index in [1.807, 2.05) is 30.3 Å². The van der Waals surface area contributed by atoms with Crippen LogP contribution in [0.1, 0.15) is 33.2 Å². The van der Waals surface area contributed by atoms with Crippen LogP contribution in [0.25, 0.3) is 0 Å². The van der Waals surface area contributed by atoms with Gasteiger partial charge in [-0.2, -0.15) is 0 Å². The molecule has 0 spiro atoms. The molecule has 0 heterocycles. The van der Waals surface area contributed by atoms with Gasteiger partial charge in [-0.25, -0.2) is 0 Å². The predicted molar refractivity (Wildman–Crippen MR) is 111 cm³/mol. The van der Waals surface area contributed by atoms with E-state index in [1.54, 1.807) is 18.9 Å². The van der Waals surface area contributed by atoms with Gasteiger partial charge in [-0.3, -0.25) is 4.79 Å². The Hall–Kier alpha value is -2.52. The standard InChI is InChI=1S/C24H22O2S/c1-26-19-13-15-21-18(16-19)12-14-22(23(21)25)24(17-8-4-2-5-9-17)27-20-10-6-3-7-11-20/h2-11,13,15-16,22,24H,12,14H2,1H3. The highest BCUT2D eigenvalue weighted by Crippen LogP contribution is 2.45. The normalized spacial score (nSPS) is 17.2. The van der Waals surface area contributed by atoms with Crippen molar-refractivity contribution >= 4 is 17.5 Å². The number of carbonyl (C=O) groups excluding carboxylic acids is 1. The molecule has 136 valence electrons. The van der Waals surface area contributed by atoms with Gasteiger partial charge in [0.05, 0.1) is 7.11 Å². The number of aryl methyl sites for hydroxylation is 1. The Morgan fingerprint density at radius 2 is 1.67 bits per heavy atom. The second-order valence-electron chi connectivity index (χ2n) is 6.79. The van der Waals surface area contributed by atoms with Crippen LogP contribution in [0.4, 0.5) is 0 Å². The molecular weight excluding hydrogens is 352 g/mol. The van der Waals surface area contributed by atoms with Crippen LogP contribution in [0.2, 0.25) is 0 Å². The third kappa shape index (κ3) is 3.79. The average Bonchev–Trinajstić information content (AvgIpc) is 2.74. The summed E-state index contributed by atoms with van der Waals surface area (Å²) in [6, 6.07) is 26.6. The number of hydrogen-bond donors (Lipinski definition) is 0. The third-order valence-electron chi connectivity index (χ3n) is 5.14. The smallest absolute Gasteiger partial charge is 0.167 e. The summed E-state index contributed by atoms with van der Waals surface area (Å²) in [4.78, 5) is 14.6. The lowest BCUT2D eigenvalue weighted by molar-refractivity contribution is 0.0899. The number of Topliss-reactive ketones (excluding diaryl/α,β-unsaturated/α-hetero) is 1. The molecule has 0 aromatic heterocycles. The molecule has 1 aliphatic carbocycles. The van der Waals surface area contributed by atoms with E-state index in [1.165, 1.54) is 10.5 Å². The predicted octanol–water partition coefficient (Wildman–Crippen LogP) is 5.97. The monoisotopic (exact) mass is 374 g/mol. The highest BCUT2D eigenvalue weighted by atomic mass is 32.2. The molecule has 2 nitrogen and oxygen atoms in total. The lowest BCUT2D eigenvalue weighted by atomic mass is 9.79. The van der Waals surface area contributed by atoms with E-state index in [9.17, 15) is 4.79 Å². The maximum Gasteiger partial charge on any atom is 0.167 e. The van der Waals surface area contributed by atoms with Crippen molar-refractivity contribution in [3.63, 3.8) is 0 Å². The second kappa shape index (κ2) is 8.01. The number of carbonyl (C=O) groups is 1. The highest BCUT2D eigenvalue weighted by Gasteiger charge is 2.35. The molecule has 0 radical (unpaired) electrons. The molecule has 0 amide bonds. The van der Waals surface area contributed by atoms with Crippen LogP contribution >= 0.6 is 11.8 Å². The summed E-state index contributed by atoms with van der Waals surface area (Å²) >= 11 is 1.79. The van der Waals surface area contributed by atoms with Crippen molar-refractivity contribution in [2.45, 2.75) is 23.0 Å². The second-order valence-corrected chi connectivity index (χ2v) is 8.01. The first kappa shape index (κ1) is 17.9. The Kier molecular flexibility index (Phi) is 5.30. The zero-order valence-corrected chi connectivity index (χ0v) is 16.1. The Bertz CT molecular complexity index is 922. The van der Waals surface area contributed by atoms with E-state index in [-0.39, 0.29) is 17.0 Å². The van der Waals surface area contributed by atoms with Crippen molar-refractivity contribution in [1.82, 2.24) is 0 Å². The lowest BCUT2D eigenvalue weighted by Crippen LogP contribution is -2.27. The number of ether oxygens (including phenoxy) is 1. The average molecular weight is 375 g/mol. The summed E-state index contributed by atoms with van der Waals surface area (Å²) < 4.78 is 5.32. The van der Waals surface area contributed by atoms with Crippen molar-refractivity contribution < 1.29 is 9.53 Å². The number of fused-ring (bicyclic) bond motifs is 1. The Morgan fingerprint density at radius 1 is 0.963 bits per heavy atom. The third-order valence-corrected chi connectivity index (χ3v) is 6.54. The maximum atomic E-state index is 13.4. The molecule has 1 aliphatic rings. The zero-order chi connectivity index (χ0) is 18.6. The van der Waals surface area contributed by atoms with Gasteiger partial charge in [-0.1, -0.05) is 48.5 Å². The van der Waals surface area contributed by atoms with E-state index >= 15 is 0 Å². The molecule has 3 aromatic carbocycles. The molecule has 0 fully saturated rings. The molecule has 0 saturated carbocycles. The first-order valence-corrected chi connectivity index (χ1v) is 10.1. The molecule has 27 heavy (non-hydrogen) atoms. The summed E-state index contributed by atoms with van der Waals surface area (Å²) in [5, 5.41) is 0.108. The first-order valence-electron chi connectivity index (χ1n) is 9.24. The van der Waals surface area contributed by atoms with Gasteiger partial charge in [-0.15, -0.1) is 11.8 Å². The summed E-state index contributed by atoms with van der Waals surface area (Å²) in [5.41, 5.74) is 3.16. The largest absolute Gasteiger partial charge is 0.497 e. The minimum absolute atomic E-state index is 0.0292. The molecule has 0 N–H and O–H groups in total. The number of thioether (sulfide) groups is 1. The van der Waals surface area contributed by atoms with Gasteiger partial charge in [0.15, 0.2) is 5.78 Å². The SMILES string of the molecule is COc1ccc2c(c1)CCC(C(Sc1ccccc1)c1ccccc1)C2=O. The lowest BCUT2D eigenvalue weighted by Gasteiger charge is -2.30. The van der Waals surface area contributed by atoms with Gasteiger partial charge in [-0.05, 0) is 54.3 Å². The van der Waals surface area contributed by atoms with Gasteiger partial charge in [0.2, 0.25) is 0 Å². The molecule has 0 saturated heterocycles. The van der Waals surface area contributed by atoms with Crippen LogP contribution in [0, 0.1) is 5.92 Å². The quantitative estimate of drug-likeness (QED) is 0.514. The van der Waals surface area contributed by atoms with Crippen LogP contribution in [-0.2, 0) is 6.42 Å². The maximum absolute atomic E-state index is 13.4. The van der Waals surface area contributed by atoms with Gasteiger partial charge >= 0.3 is 0 Å². The van der Waals surface area contributed by atoms with Crippen molar-refractivity contribution in [3.05, 3.63) is 95.6 Å². The Labute approximate surface area is 164 Å². The Balaban J connectivity index is 1.68. The molecule has 2 unspecified atom stereocenters. The fourth-order valence-electron chi connectivity index (χ4n) is 3.75. The number of ketones is 1. The number of benzene rings is 3. The number of methoxy groups -OCH3 is 1. The van der Waals surface area contributed by atoms with Gasteiger partial charge < -0.3 is 4.74 Å². The summed E-state index contributed by atoms with van der Waals surface area (Å²) in [5.74, 6) is 1.04. The molecule has 4 rings (SSSR count). The fourth-order valence-corrected chi connectivity index (χ4v) is 5.07. The zero-order valence-electron chi connectivity index (χ0n) is 15.3. The van der Waals surface area contributed by atoms with Crippen molar-refractivity contribution in [1.29, 1.82) is 0 Å². The van der Waals surface area contributed by atoms with E-state index in [0.717, 1.165) is 29.7 Å². The molecular formula is C24H22O2S. The molecule has 2 atom stereocenters. The van der Waals surface area contributed by atoms with Gasteiger partial charge in [0.1, 0.15) is 5.75 Å². The van der Waals surface area contributed by atoms with Gasteiger partial charge in [0, 0.05) is 21.6 Å². The molecule has 0 aliphatic heterocycles. The van der Waals surface area contributed by atoms with E-state index in [4.69, 9.17) is 4.74 Å². The summed E-state index contributed by atoms with van der Waals surface area (Å²) in [7, 11) is 1.66. The van der Waals surface area contributed by atoms with Gasteiger partial charge in [0.25, 0.3) is 0 Å². The highest BCUT2D eigenvalue weighted by molar-refractivity contribution is 7.99. The summed E-state index contributed by atoms with van der Waals surface area (Å²) in [6.07, 6.45) is 1.76.